The Balaban J connectivity index is 1.47. The predicted octanol–water partition coefficient (Wildman–Crippen LogP) is 2.69. The summed E-state index contributed by atoms with van der Waals surface area (Å²) in [6, 6.07) is 8.52. The molecule has 1 aliphatic heterocycles. The quantitative estimate of drug-likeness (QED) is 0.850. The molecule has 4 heteroatoms. The van der Waals surface area contributed by atoms with Gasteiger partial charge in [0.1, 0.15) is 0 Å². The molecule has 2 aromatic heterocycles. The molecule has 1 fully saturated rings. The zero-order valence-corrected chi connectivity index (χ0v) is 12.9. The summed E-state index contributed by atoms with van der Waals surface area (Å²) in [6.45, 7) is 4.80. The van der Waals surface area contributed by atoms with E-state index in [1.54, 1.807) is 0 Å². The van der Waals surface area contributed by atoms with Gasteiger partial charge in [0.25, 0.3) is 0 Å². The van der Waals surface area contributed by atoms with Crippen molar-refractivity contribution >= 4 is 0 Å². The molecule has 0 aromatic carbocycles. The maximum Gasteiger partial charge on any atom is 0.0880 e. The molecule has 4 rings (SSSR count). The Hall–Kier alpha value is -1.65. The second-order valence-electron chi connectivity index (χ2n) is 6.58. The first-order valence-electron chi connectivity index (χ1n) is 8.24. The molecule has 0 N–H and O–H groups in total. The SMILES string of the molecule is c1cncc(CN2Cc3cccn3CC(OCC3CC3)C2)c1. The van der Waals surface area contributed by atoms with E-state index < -0.39 is 0 Å². The first kappa shape index (κ1) is 14.0. The lowest BCUT2D eigenvalue weighted by atomic mass is 10.2. The van der Waals surface area contributed by atoms with E-state index in [0.717, 1.165) is 38.7 Å². The molecule has 2 aliphatic rings. The lowest BCUT2D eigenvalue weighted by Crippen LogP contribution is -2.33. The van der Waals surface area contributed by atoms with E-state index in [2.05, 4.69) is 38.8 Å². The number of ether oxygens (including phenoxy) is 1. The molecular weight excluding hydrogens is 274 g/mol. The molecule has 3 heterocycles. The molecule has 1 unspecified atom stereocenters. The Bertz CT molecular complexity index is 606. The molecule has 2 aromatic rings. The van der Waals surface area contributed by atoms with Gasteiger partial charge in [-0.2, -0.15) is 0 Å². The average Bonchev–Trinajstić information content (AvgIpc) is 3.29. The Kier molecular flexibility index (Phi) is 3.95. The van der Waals surface area contributed by atoms with Crippen LogP contribution in [-0.2, 0) is 24.4 Å². The van der Waals surface area contributed by atoms with Crippen LogP contribution in [0, 0.1) is 5.92 Å². The Morgan fingerprint density at radius 1 is 1.18 bits per heavy atom. The van der Waals surface area contributed by atoms with Crippen molar-refractivity contribution in [2.24, 2.45) is 5.92 Å². The van der Waals surface area contributed by atoms with Crippen molar-refractivity contribution in [3.8, 4) is 0 Å². The van der Waals surface area contributed by atoms with E-state index in [1.165, 1.54) is 24.1 Å². The highest BCUT2D eigenvalue weighted by Crippen LogP contribution is 2.29. The molecule has 1 saturated carbocycles. The molecule has 1 atom stereocenters. The summed E-state index contributed by atoms with van der Waals surface area (Å²) < 4.78 is 8.55. The van der Waals surface area contributed by atoms with Gasteiger partial charge in [-0.15, -0.1) is 0 Å². The van der Waals surface area contributed by atoms with Crippen LogP contribution in [0.25, 0.3) is 0 Å². The zero-order chi connectivity index (χ0) is 14.8. The Morgan fingerprint density at radius 2 is 2.14 bits per heavy atom. The van der Waals surface area contributed by atoms with Crippen molar-refractivity contribution in [2.75, 3.05) is 13.2 Å². The van der Waals surface area contributed by atoms with Gasteiger partial charge in [0.05, 0.1) is 6.10 Å². The third-order valence-corrected chi connectivity index (χ3v) is 4.56. The van der Waals surface area contributed by atoms with Gasteiger partial charge in [-0.3, -0.25) is 9.88 Å². The zero-order valence-electron chi connectivity index (χ0n) is 12.9. The number of pyridine rings is 1. The van der Waals surface area contributed by atoms with Gasteiger partial charge in [0.15, 0.2) is 0 Å². The van der Waals surface area contributed by atoms with Gasteiger partial charge < -0.3 is 9.30 Å². The predicted molar refractivity (Wildman–Crippen MR) is 85.2 cm³/mol. The van der Waals surface area contributed by atoms with Crippen LogP contribution in [0.5, 0.6) is 0 Å². The standard InChI is InChI=1S/C18H23N3O/c1-3-16(9-19-7-1)10-20-11-17-4-2-8-21(17)13-18(12-20)22-14-15-5-6-15/h1-4,7-9,15,18H,5-6,10-14H2. The molecule has 0 bridgehead atoms. The summed E-state index contributed by atoms with van der Waals surface area (Å²) in [5, 5.41) is 0. The highest BCUT2D eigenvalue weighted by molar-refractivity contribution is 5.12. The number of hydrogen-bond acceptors (Lipinski definition) is 3. The molecule has 0 radical (unpaired) electrons. The van der Waals surface area contributed by atoms with Crippen molar-refractivity contribution in [2.45, 2.75) is 38.6 Å². The van der Waals surface area contributed by atoms with Gasteiger partial charge in [0.2, 0.25) is 0 Å². The summed E-state index contributed by atoms with van der Waals surface area (Å²) >= 11 is 0. The van der Waals surface area contributed by atoms with Gasteiger partial charge in [0, 0.05) is 57.1 Å². The second kappa shape index (κ2) is 6.23. The summed E-state index contributed by atoms with van der Waals surface area (Å²) in [4.78, 5) is 6.71. The normalized spacial score (nSPS) is 22.3. The smallest absolute Gasteiger partial charge is 0.0880 e. The fourth-order valence-corrected chi connectivity index (χ4v) is 3.16. The number of fused-ring (bicyclic) bond motifs is 1. The van der Waals surface area contributed by atoms with Crippen LogP contribution < -0.4 is 0 Å². The van der Waals surface area contributed by atoms with E-state index in [-0.39, 0.29) is 6.10 Å². The number of nitrogens with zero attached hydrogens (tertiary/aromatic N) is 3. The van der Waals surface area contributed by atoms with Crippen molar-refractivity contribution in [1.82, 2.24) is 14.5 Å². The van der Waals surface area contributed by atoms with Crippen molar-refractivity contribution in [3.05, 3.63) is 54.1 Å². The van der Waals surface area contributed by atoms with Crippen LogP contribution in [0.4, 0.5) is 0 Å². The van der Waals surface area contributed by atoms with E-state index in [1.807, 2.05) is 18.5 Å². The highest BCUT2D eigenvalue weighted by atomic mass is 16.5. The summed E-state index contributed by atoms with van der Waals surface area (Å²) in [7, 11) is 0. The van der Waals surface area contributed by atoms with Crippen molar-refractivity contribution < 1.29 is 4.74 Å². The topological polar surface area (TPSA) is 30.3 Å². The monoisotopic (exact) mass is 297 g/mol. The number of hydrogen-bond donors (Lipinski definition) is 0. The third-order valence-electron chi connectivity index (χ3n) is 4.56. The van der Waals surface area contributed by atoms with Crippen LogP contribution in [0.1, 0.15) is 24.1 Å². The molecule has 22 heavy (non-hydrogen) atoms. The van der Waals surface area contributed by atoms with Gasteiger partial charge in [-0.05, 0) is 42.5 Å². The Labute approximate surface area is 131 Å². The van der Waals surface area contributed by atoms with Crippen LogP contribution in [0.15, 0.2) is 42.9 Å². The maximum atomic E-state index is 6.20. The van der Waals surface area contributed by atoms with E-state index >= 15 is 0 Å². The summed E-state index contributed by atoms with van der Waals surface area (Å²) in [5.74, 6) is 0.819. The molecule has 1 aliphatic carbocycles. The van der Waals surface area contributed by atoms with E-state index in [0.29, 0.717) is 0 Å². The largest absolute Gasteiger partial charge is 0.375 e. The molecule has 0 spiro atoms. The number of aromatic nitrogens is 2. The molecular formula is C18H23N3O. The first-order valence-corrected chi connectivity index (χ1v) is 8.24. The molecule has 0 amide bonds. The first-order chi connectivity index (χ1) is 10.9. The highest BCUT2D eigenvalue weighted by Gasteiger charge is 2.26. The lowest BCUT2D eigenvalue weighted by Gasteiger charge is -2.24. The van der Waals surface area contributed by atoms with Crippen LogP contribution in [-0.4, -0.2) is 33.7 Å². The van der Waals surface area contributed by atoms with Gasteiger partial charge in [-0.25, -0.2) is 0 Å². The Morgan fingerprint density at radius 3 is 2.95 bits per heavy atom. The van der Waals surface area contributed by atoms with Crippen LogP contribution in [0.3, 0.4) is 0 Å². The molecule has 0 saturated heterocycles. The minimum atomic E-state index is 0.283. The fourth-order valence-electron chi connectivity index (χ4n) is 3.16. The minimum Gasteiger partial charge on any atom is -0.375 e. The molecule has 116 valence electrons. The maximum absolute atomic E-state index is 6.20. The number of rotatable bonds is 5. The van der Waals surface area contributed by atoms with Crippen molar-refractivity contribution in [1.29, 1.82) is 0 Å². The van der Waals surface area contributed by atoms with Crippen LogP contribution >= 0.6 is 0 Å². The lowest BCUT2D eigenvalue weighted by molar-refractivity contribution is 0.0137. The fraction of sp³-hybridized carbons (Fsp3) is 0.500. The van der Waals surface area contributed by atoms with Crippen LogP contribution in [0.2, 0.25) is 0 Å². The van der Waals surface area contributed by atoms with Crippen molar-refractivity contribution in [3.63, 3.8) is 0 Å². The summed E-state index contributed by atoms with van der Waals surface area (Å²) in [5.41, 5.74) is 2.64. The molecule has 4 nitrogen and oxygen atoms in total. The van der Waals surface area contributed by atoms with Gasteiger partial charge >= 0.3 is 0 Å². The minimum absolute atomic E-state index is 0.283. The summed E-state index contributed by atoms with van der Waals surface area (Å²) in [6.07, 6.45) is 8.95. The van der Waals surface area contributed by atoms with Gasteiger partial charge in [-0.1, -0.05) is 6.07 Å². The second-order valence-corrected chi connectivity index (χ2v) is 6.58. The third kappa shape index (κ3) is 3.39. The van der Waals surface area contributed by atoms with E-state index in [4.69, 9.17) is 4.74 Å². The average molecular weight is 297 g/mol. The van der Waals surface area contributed by atoms with E-state index in [9.17, 15) is 0 Å².